The molecule has 0 fully saturated rings. The summed E-state index contributed by atoms with van der Waals surface area (Å²) in [6, 6.07) is 8.08. The quantitative estimate of drug-likeness (QED) is 0.294. The monoisotopic (exact) mass is 401 g/mol. The van der Waals surface area contributed by atoms with Crippen LogP contribution in [0.2, 0.25) is 0 Å². The van der Waals surface area contributed by atoms with E-state index in [4.69, 9.17) is 10.5 Å². The largest absolute Gasteiger partial charge is 0.367 e. The average molecular weight is 401 g/mol. The van der Waals surface area contributed by atoms with E-state index in [1.165, 1.54) is 7.05 Å². The van der Waals surface area contributed by atoms with Crippen LogP contribution in [0.15, 0.2) is 54.6 Å². The third-order valence-electron chi connectivity index (χ3n) is 4.70. The van der Waals surface area contributed by atoms with Crippen molar-refractivity contribution in [3.8, 4) is 0 Å². The molecule has 1 aromatic rings. The van der Waals surface area contributed by atoms with E-state index >= 15 is 0 Å². The second kappa shape index (κ2) is 9.49. The minimum Gasteiger partial charge on any atom is -0.367 e. The Morgan fingerprint density at radius 1 is 1.17 bits per heavy atom. The highest BCUT2D eigenvalue weighted by Crippen LogP contribution is 2.30. The standard InChI is InChI=1S/C21H27N3O5/c1-4-14-29-21(12-10-16(11-13-21)15-8-6-5-7-9-15)20(27)23(2)17(18(22)25)19(26)24(3)28/h5-13,16-17,28H,4,14H2,1-3H3,(H2,22,25). The van der Waals surface area contributed by atoms with Crippen molar-refractivity contribution in [2.24, 2.45) is 5.73 Å². The van der Waals surface area contributed by atoms with Gasteiger partial charge in [0, 0.05) is 26.6 Å². The fourth-order valence-corrected chi connectivity index (χ4v) is 3.13. The molecule has 0 saturated carbocycles. The third kappa shape index (κ3) is 4.90. The first kappa shape index (κ1) is 22.3. The third-order valence-corrected chi connectivity index (χ3v) is 4.70. The van der Waals surface area contributed by atoms with Gasteiger partial charge in [0.15, 0.2) is 11.6 Å². The zero-order valence-corrected chi connectivity index (χ0v) is 16.8. The van der Waals surface area contributed by atoms with Gasteiger partial charge in [-0.1, -0.05) is 49.4 Å². The second-order valence-corrected chi connectivity index (χ2v) is 6.88. The van der Waals surface area contributed by atoms with Gasteiger partial charge < -0.3 is 15.4 Å². The lowest BCUT2D eigenvalue weighted by molar-refractivity contribution is -0.172. The molecule has 0 bridgehead atoms. The lowest BCUT2D eigenvalue weighted by Crippen LogP contribution is -2.59. The van der Waals surface area contributed by atoms with Crippen LogP contribution < -0.4 is 5.73 Å². The van der Waals surface area contributed by atoms with Gasteiger partial charge in [0.1, 0.15) is 0 Å². The molecule has 3 amide bonds. The number of ether oxygens (including phenoxy) is 1. The van der Waals surface area contributed by atoms with Gasteiger partial charge >= 0.3 is 0 Å². The van der Waals surface area contributed by atoms with Crippen molar-refractivity contribution in [3.63, 3.8) is 0 Å². The van der Waals surface area contributed by atoms with Gasteiger partial charge in [-0.3, -0.25) is 19.6 Å². The number of hydrogen-bond donors (Lipinski definition) is 2. The summed E-state index contributed by atoms with van der Waals surface area (Å²) < 4.78 is 5.85. The van der Waals surface area contributed by atoms with Crippen molar-refractivity contribution >= 4 is 17.7 Å². The highest BCUT2D eigenvalue weighted by molar-refractivity contribution is 6.07. The van der Waals surface area contributed by atoms with Gasteiger partial charge in [0.05, 0.1) is 0 Å². The van der Waals surface area contributed by atoms with Gasteiger partial charge in [0.25, 0.3) is 11.8 Å². The number of carbonyl (C=O) groups excluding carboxylic acids is 3. The molecule has 8 heteroatoms. The van der Waals surface area contributed by atoms with E-state index < -0.39 is 29.4 Å². The minimum absolute atomic E-state index is 0.0372. The first-order valence-electron chi connectivity index (χ1n) is 9.34. The summed E-state index contributed by atoms with van der Waals surface area (Å²) in [5.41, 5.74) is 4.90. The van der Waals surface area contributed by atoms with Crippen LogP contribution in [0, 0.1) is 0 Å². The number of primary amides is 1. The van der Waals surface area contributed by atoms with Crippen molar-refractivity contribution < 1.29 is 24.3 Å². The Morgan fingerprint density at radius 2 is 1.76 bits per heavy atom. The SMILES string of the molecule is CCCOC1(C(=O)N(C)C(C(N)=O)C(=O)N(C)O)C=CC(c2ccccc2)C=C1. The number of hydroxylamine groups is 2. The first-order chi connectivity index (χ1) is 13.7. The number of benzene rings is 1. The molecule has 1 atom stereocenters. The Hall–Kier alpha value is -2.97. The maximum Gasteiger partial charge on any atom is 0.278 e. The van der Waals surface area contributed by atoms with Gasteiger partial charge in [-0.25, -0.2) is 5.06 Å². The minimum atomic E-state index is -1.66. The van der Waals surface area contributed by atoms with Crippen LogP contribution in [0.3, 0.4) is 0 Å². The van der Waals surface area contributed by atoms with Crippen molar-refractivity contribution in [1.29, 1.82) is 0 Å². The van der Waals surface area contributed by atoms with Crippen LogP contribution in [0.4, 0.5) is 0 Å². The molecule has 156 valence electrons. The number of carbonyl (C=O) groups is 3. The predicted octanol–water partition coefficient (Wildman–Crippen LogP) is 1.22. The van der Waals surface area contributed by atoms with E-state index in [9.17, 15) is 19.6 Å². The topological polar surface area (TPSA) is 113 Å². The fourth-order valence-electron chi connectivity index (χ4n) is 3.13. The normalized spacial score (nSPS) is 21.4. The molecule has 0 aromatic heterocycles. The van der Waals surface area contributed by atoms with Gasteiger partial charge in [-0.2, -0.15) is 0 Å². The maximum atomic E-state index is 13.3. The number of allylic oxidation sites excluding steroid dienone is 2. The Labute approximate surface area is 170 Å². The van der Waals surface area contributed by atoms with Crippen LogP contribution in [0.1, 0.15) is 24.8 Å². The predicted molar refractivity (Wildman–Crippen MR) is 107 cm³/mol. The number of nitrogens with zero attached hydrogens (tertiary/aromatic N) is 2. The van der Waals surface area contributed by atoms with E-state index in [1.54, 1.807) is 12.2 Å². The lowest BCUT2D eigenvalue weighted by Gasteiger charge is -2.36. The molecule has 0 aliphatic heterocycles. The number of amides is 3. The second-order valence-electron chi connectivity index (χ2n) is 6.88. The van der Waals surface area contributed by atoms with Gasteiger partial charge in [-0.05, 0) is 24.1 Å². The molecule has 3 N–H and O–H groups in total. The summed E-state index contributed by atoms with van der Waals surface area (Å²) in [6.07, 6.45) is 7.61. The molecule has 0 heterocycles. The number of rotatable bonds is 8. The van der Waals surface area contributed by atoms with Crippen molar-refractivity contribution in [2.45, 2.75) is 30.9 Å². The molecule has 0 saturated heterocycles. The maximum absolute atomic E-state index is 13.3. The first-order valence-corrected chi connectivity index (χ1v) is 9.34. The van der Waals surface area contributed by atoms with E-state index in [2.05, 4.69) is 0 Å². The fraction of sp³-hybridized carbons (Fsp3) is 0.381. The average Bonchev–Trinajstić information content (AvgIpc) is 2.72. The number of nitrogens with two attached hydrogens (primary N) is 1. The Balaban J connectivity index is 2.34. The molecule has 29 heavy (non-hydrogen) atoms. The number of likely N-dealkylation sites (N-methyl/N-ethyl adjacent to an activating group) is 2. The number of hydrogen-bond acceptors (Lipinski definition) is 5. The van der Waals surface area contributed by atoms with Gasteiger partial charge in [0.2, 0.25) is 5.91 Å². The summed E-state index contributed by atoms with van der Waals surface area (Å²) in [7, 11) is 2.34. The highest BCUT2D eigenvalue weighted by Gasteiger charge is 2.44. The molecule has 0 spiro atoms. The Morgan fingerprint density at radius 3 is 2.24 bits per heavy atom. The summed E-state index contributed by atoms with van der Waals surface area (Å²) in [5, 5.41) is 9.66. The molecule has 1 aliphatic rings. The summed E-state index contributed by atoms with van der Waals surface area (Å²) in [4.78, 5) is 38.2. The summed E-state index contributed by atoms with van der Waals surface area (Å²) >= 11 is 0. The summed E-state index contributed by atoms with van der Waals surface area (Å²) in [6.45, 7) is 2.20. The zero-order chi connectivity index (χ0) is 21.6. The molecule has 1 unspecified atom stereocenters. The van der Waals surface area contributed by atoms with Crippen molar-refractivity contribution in [2.75, 3.05) is 20.7 Å². The van der Waals surface area contributed by atoms with E-state index in [0.717, 1.165) is 17.5 Å². The van der Waals surface area contributed by atoms with Crippen LogP contribution in [0.5, 0.6) is 0 Å². The Bertz CT molecular complexity index is 790. The van der Waals surface area contributed by atoms with Crippen molar-refractivity contribution in [1.82, 2.24) is 9.96 Å². The molecule has 0 radical (unpaired) electrons. The zero-order valence-electron chi connectivity index (χ0n) is 16.8. The molecule has 8 nitrogen and oxygen atoms in total. The smallest absolute Gasteiger partial charge is 0.278 e. The van der Waals surface area contributed by atoms with Crippen molar-refractivity contribution in [3.05, 3.63) is 60.2 Å². The van der Waals surface area contributed by atoms with Crippen LogP contribution in [-0.2, 0) is 19.1 Å². The highest BCUT2D eigenvalue weighted by atomic mass is 16.5. The van der Waals surface area contributed by atoms with Crippen LogP contribution in [-0.4, -0.2) is 65.2 Å². The lowest BCUT2D eigenvalue weighted by atomic mass is 9.87. The Kier molecular flexibility index (Phi) is 7.30. The molecular formula is C21H27N3O5. The van der Waals surface area contributed by atoms with Gasteiger partial charge in [-0.15, -0.1) is 0 Å². The molecule has 1 aliphatic carbocycles. The molecule has 2 rings (SSSR count). The van der Waals surface area contributed by atoms with Crippen LogP contribution >= 0.6 is 0 Å². The van der Waals surface area contributed by atoms with Crippen LogP contribution in [0.25, 0.3) is 0 Å². The summed E-state index contributed by atoms with van der Waals surface area (Å²) in [5.74, 6) is -2.73. The molecule has 1 aromatic carbocycles. The molecular weight excluding hydrogens is 374 g/mol. The van der Waals surface area contributed by atoms with E-state index in [0.29, 0.717) is 13.0 Å². The van der Waals surface area contributed by atoms with E-state index in [1.807, 2.05) is 49.4 Å². The van der Waals surface area contributed by atoms with E-state index in [-0.39, 0.29) is 11.0 Å².